The van der Waals surface area contributed by atoms with Crippen molar-refractivity contribution in [2.75, 3.05) is 7.05 Å². The van der Waals surface area contributed by atoms with Gasteiger partial charge in [-0.1, -0.05) is 0 Å². The average Bonchev–Trinajstić information content (AvgIpc) is 2.84. The van der Waals surface area contributed by atoms with Crippen molar-refractivity contribution in [3.05, 3.63) is 17.5 Å². The number of rotatable bonds is 3. The zero-order valence-corrected chi connectivity index (χ0v) is 8.54. The Kier molecular flexibility index (Phi) is 2.12. The predicted molar refractivity (Wildman–Crippen MR) is 52.5 cm³/mol. The second-order valence-corrected chi connectivity index (χ2v) is 3.94. The van der Waals surface area contributed by atoms with Gasteiger partial charge in [0.1, 0.15) is 0 Å². The molecule has 1 unspecified atom stereocenters. The SMILES string of the molecule is CNC(c1cc(C)n(C)n1)C1CC1. The minimum atomic E-state index is 0.472. The second kappa shape index (κ2) is 3.14. The lowest BCUT2D eigenvalue weighted by molar-refractivity contribution is 0.507. The van der Waals surface area contributed by atoms with Crippen LogP contribution in [0.2, 0.25) is 0 Å². The summed E-state index contributed by atoms with van der Waals surface area (Å²) in [5.41, 5.74) is 2.43. The maximum absolute atomic E-state index is 4.50. The van der Waals surface area contributed by atoms with Crippen LogP contribution in [0.5, 0.6) is 0 Å². The van der Waals surface area contributed by atoms with Gasteiger partial charge in [0.15, 0.2) is 0 Å². The molecule has 1 aliphatic rings. The quantitative estimate of drug-likeness (QED) is 0.760. The van der Waals surface area contributed by atoms with Crippen molar-refractivity contribution in [2.45, 2.75) is 25.8 Å². The zero-order valence-electron chi connectivity index (χ0n) is 8.54. The molecule has 1 fully saturated rings. The summed E-state index contributed by atoms with van der Waals surface area (Å²) in [5, 5.41) is 7.84. The molecule has 0 aliphatic heterocycles. The van der Waals surface area contributed by atoms with E-state index in [0.717, 1.165) is 5.92 Å². The van der Waals surface area contributed by atoms with Crippen LogP contribution in [0.25, 0.3) is 0 Å². The van der Waals surface area contributed by atoms with Crippen LogP contribution in [0.1, 0.15) is 30.3 Å². The Balaban J connectivity index is 2.21. The van der Waals surface area contributed by atoms with E-state index in [9.17, 15) is 0 Å². The van der Waals surface area contributed by atoms with Gasteiger partial charge >= 0.3 is 0 Å². The maximum Gasteiger partial charge on any atom is 0.0799 e. The molecule has 0 radical (unpaired) electrons. The molecule has 3 heteroatoms. The molecule has 1 aromatic rings. The molecule has 13 heavy (non-hydrogen) atoms. The largest absolute Gasteiger partial charge is 0.311 e. The van der Waals surface area contributed by atoms with Crippen LogP contribution in [0.15, 0.2) is 6.07 Å². The van der Waals surface area contributed by atoms with Crippen LogP contribution in [-0.2, 0) is 7.05 Å². The fraction of sp³-hybridized carbons (Fsp3) is 0.700. The number of aromatic nitrogens is 2. The minimum absolute atomic E-state index is 0.472. The van der Waals surface area contributed by atoms with Crippen molar-refractivity contribution >= 4 is 0 Å². The molecule has 3 nitrogen and oxygen atoms in total. The van der Waals surface area contributed by atoms with Crippen molar-refractivity contribution in [1.82, 2.24) is 15.1 Å². The summed E-state index contributed by atoms with van der Waals surface area (Å²) in [4.78, 5) is 0. The summed E-state index contributed by atoms with van der Waals surface area (Å²) in [7, 11) is 4.02. The van der Waals surface area contributed by atoms with Crippen LogP contribution in [-0.4, -0.2) is 16.8 Å². The Morgan fingerprint density at radius 3 is 2.69 bits per heavy atom. The standard InChI is InChI=1S/C10H17N3/c1-7-6-9(12-13(7)3)10(11-2)8-4-5-8/h6,8,10-11H,4-5H2,1-3H3. The van der Waals surface area contributed by atoms with Crippen molar-refractivity contribution in [1.29, 1.82) is 0 Å². The van der Waals surface area contributed by atoms with Gasteiger partial charge in [0.05, 0.1) is 11.7 Å². The summed E-state index contributed by atoms with van der Waals surface area (Å²) in [6, 6.07) is 2.65. The van der Waals surface area contributed by atoms with Crippen molar-refractivity contribution in [3.8, 4) is 0 Å². The van der Waals surface area contributed by atoms with Gasteiger partial charge in [-0.3, -0.25) is 4.68 Å². The van der Waals surface area contributed by atoms with Gasteiger partial charge in [0.2, 0.25) is 0 Å². The lowest BCUT2D eigenvalue weighted by Crippen LogP contribution is -2.18. The van der Waals surface area contributed by atoms with E-state index in [1.165, 1.54) is 24.2 Å². The van der Waals surface area contributed by atoms with Gasteiger partial charge in [-0.05, 0) is 38.8 Å². The van der Waals surface area contributed by atoms with Crippen molar-refractivity contribution < 1.29 is 0 Å². The maximum atomic E-state index is 4.50. The van der Waals surface area contributed by atoms with Crippen LogP contribution in [0.4, 0.5) is 0 Å². The van der Waals surface area contributed by atoms with E-state index in [-0.39, 0.29) is 0 Å². The van der Waals surface area contributed by atoms with E-state index in [4.69, 9.17) is 0 Å². The molecular formula is C10H17N3. The summed E-state index contributed by atoms with van der Waals surface area (Å²) in [6.07, 6.45) is 2.70. The number of hydrogen-bond acceptors (Lipinski definition) is 2. The molecule has 1 aliphatic carbocycles. The number of nitrogens with one attached hydrogen (secondary N) is 1. The van der Waals surface area contributed by atoms with Gasteiger partial charge in [-0.15, -0.1) is 0 Å². The second-order valence-electron chi connectivity index (χ2n) is 3.94. The zero-order chi connectivity index (χ0) is 9.42. The fourth-order valence-electron chi connectivity index (χ4n) is 1.79. The molecule has 1 saturated carbocycles. The highest BCUT2D eigenvalue weighted by molar-refractivity contribution is 5.15. The average molecular weight is 179 g/mol. The fourth-order valence-corrected chi connectivity index (χ4v) is 1.79. The van der Waals surface area contributed by atoms with E-state index >= 15 is 0 Å². The van der Waals surface area contributed by atoms with E-state index in [1.54, 1.807) is 0 Å². The van der Waals surface area contributed by atoms with E-state index in [2.05, 4.69) is 23.4 Å². The monoisotopic (exact) mass is 179 g/mol. The third-order valence-corrected chi connectivity index (χ3v) is 2.86. The van der Waals surface area contributed by atoms with Crippen molar-refractivity contribution in [2.24, 2.45) is 13.0 Å². The molecule has 0 amide bonds. The van der Waals surface area contributed by atoms with Crippen molar-refractivity contribution in [3.63, 3.8) is 0 Å². The highest BCUT2D eigenvalue weighted by Crippen LogP contribution is 2.40. The first-order valence-corrected chi connectivity index (χ1v) is 4.90. The van der Waals surface area contributed by atoms with Gasteiger partial charge in [-0.25, -0.2) is 0 Å². The number of hydrogen-bond donors (Lipinski definition) is 1. The van der Waals surface area contributed by atoms with Crippen LogP contribution in [0, 0.1) is 12.8 Å². The first-order chi connectivity index (χ1) is 6.22. The molecule has 1 heterocycles. The Bertz CT molecular complexity index is 280. The first kappa shape index (κ1) is 8.75. The van der Waals surface area contributed by atoms with Gasteiger partial charge in [0.25, 0.3) is 0 Å². The predicted octanol–water partition coefficient (Wildman–Crippen LogP) is 1.40. The third-order valence-electron chi connectivity index (χ3n) is 2.86. The Hall–Kier alpha value is -0.830. The molecule has 0 saturated heterocycles. The first-order valence-electron chi connectivity index (χ1n) is 4.90. The highest BCUT2D eigenvalue weighted by Gasteiger charge is 2.32. The molecular weight excluding hydrogens is 162 g/mol. The molecule has 0 bridgehead atoms. The lowest BCUT2D eigenvalue weighted by Gasteiger charge is -2.11. The molecule has 0 spiro atoms. The summed E-state index contributed by atoms with van der Waals surface area (Å²) in [6.45, 7) is 2.09. The lowest BCUT2D eigenvalue weighted by atomic mass is 10.1. The Morgan fingerprint density at radius 2 is 2.31 bits per heavy atom. The van der Waals surface area contributed by atoms with Gasteiger partial charge in [-0.2, -0.15) is 5.10 Å². The third kappa shape index (κ3) is 1.61. The topological polar surface area (TPSA) is 29.9 Å². The van der Waals surface area contributed by atoms with Crippen LogP contribution >= 0.6 is 0 Å². The summed E-state index contributed by atoms with van der Waals surface area (Å²) in [5.74, 6) is 0.819. The molecule has 1 atom stereocenters. The molecule has 72 valence electrons. The summed E-state index contributed by atoms with van der Waals surface area (Å²) >= 11 is 0. The highest BCUT2D eigenvalue weighted by atomic mass is 15.3. The van der Waals surface area contributed by atoms with E-state index < -0.39 is 0 Å². The molecule has 2 rings (SSSR count). The van der Waals surface area contributed by atoms with Crippen LogP contribution < -0.4 is 5.32 Å². The Morgan fingerprint density at radius 1 is 1.62 bits per heavy atom. The number of aryl methyl sites for hydroxylation is 2. The smallest absolute Gasteiger partial charge is 0.0799 e. The van der Waals surface area contributed by atoms with Gasteiger partial charge < -0.3 is 5.32 Å². The van der Waals surface area contributed by atoms with Crippen LogP contribution in [0.3, 0.4) is 0 Å². The summed E-state index contributed by atoms with van der Waals surface area (Å²) < 4.78 is 1.95. The van der Waals surface area contributed by atoms with Gasteiger partial charge in [0, 0.05) is 12.7 Å². The van der Waals surface area contributed by atoms with E-state index in [0.29, 0.717) is 6.04 Å². The molecule has 0 aromatic carbocycles. The minimum Gasteiger partial charge on any atom is -0.311 e. The number of nitrogens with zero attached hydrogens (tertiary/aromatic N) is 2. The van der Waals surface area contributed by atoms with E-state index in [1.807, 2.05) is 18.8 Å². The normalized spacial score (nSPS) is 19.0. The molecule has 1 N–H and O–H groups in total. The Labute approximate surface area is 79.1 Å². The molecule has 1 aromatic heterocycles.